The van der Waals surface area contributed by atoms with E-state index in [4.69, 9.17) is 19.4 Å². The Kier molecular flexibility index (Phi) is 9.58. The van der Waals surface area contributed by atoms with Gasteiger partial charge in [-0.1, -0.05) is 28.6 Å². The van der Waals surface area contributed by atoms with Gasteiger partial charge in [-0.05, 0) is 30.7 Å². The SMILES string of the molecule is COCCCS(=O)(=O)c1ccc(C(=NO[C@@H]2CCOC2)C(=O)Nc2nc3ccc(NCCO)nc3s2)cc1. The molecular formula is C24H29N5O7S2. The van der Waals surface area contributed by atoms with E-state index in [0.29, 0.717) is 66.1 Å². The molecule has 3 heterocycles. The quantitative estimate of drug-likeness (QED) is 0.159. The number of hydrogen-bond acceptors (Lipinski definition) is 12. The molecule has 1 saturated heterocycles. The minimum absolute atomic E-state index is 0.0262. The summed E-state index contributed by atoms with van der Waals surface area (Å²) >= 11 is 1.18. The van der Waals surface area contributed by atoms with Crippen LogP contribution in [0.5, 0.6) is 0 Å². The highest BCUT2D eigenvalue weighted by Gasteiger charge is 2.22. The first-order chi connectivity index (χ1) is 18.4. The Balaban J connectivity index is 1.54. The average molecular weight is 564 g/mol. The van der Waals surface area contributed by atoms with Crippen molar-refractivity contribution in [1.29, 1.82) is 0 Å². The molecule has 14 heteroatoms. The van der Waals surface area contributed by atoms with Gasteiger partial charge in [0.2, 0.25) is 0 Å². The van der Waals surface area contributed by atoms with Gasteiger partial charge in [0.05, 0.1) is 30.5 Å². The largest absolute Gasteiger partial charge is 0.395 e. The van der Waals surface area contributed by atoms with Gasteiger partial charge < -0.3 is 24.7 Å². The highest BCUT2D eigenvalue weighted by Crippen LogP contribution is 2.26. The number of sulfone groups is 1. The molecule has 0 bridgehead atoms. The van der Waals surface area contributed by atoms with Gasteiger partial charge in [0.1, 0.15) is 16.2 Å². The summed E-state index contributed by atoms with van der Waals surface area (Å²) in [5, 5.41) is 19.1. The fourth-order valence-electron chi connectivity index (χ4n) is 3.59. The first-order valence-corrected chi connectivity index (χ1v) is 14.4. The van der Waals surface area contributed by atoms with Gasteiger partial charge in [0.15, 0.2) is 26.8 Å². The van der Waals surface area contributed by atoms with Crippen LogP contribution in [-0.4, -0.2) is 87.1 Å². The zero-order valence-electron chi connectivity index (χ0n) is 20.8. The van der Waals surface area contributed by atoms with E-state index in [-0.39, 0.29) is 29.1 Å². The number of methoxy groups -OCH3 is 1. The summed E-state index contributed by atoms with van der Waals surface area (Å²) in [6.45, 7) is 1.60. The monoisotopic (exact) mass is 563 g/mol. The second-order valence-corrected chi connectivity index (χ2v) is 11.5. The Morgan fingerprint density at radius 1 is 1.24 bits per heavy atom. The molecule has 2 aromatic heterocycles. The normalized spacial score (nSPS) is 16.1. The van der Waals surface area contributed by atoms with Crippen molar-refractivity contribution in [3.8, 4) is 0 Å². The summed E-state index contributed by atoms with van der Waals surface area (Å²) < 4.78 is 35.4. The van der Waals surface area contributed by atoms with Crippen molar-refractivity contribution < 1.29 is 32.6 Å². The molecule has 4 rings (SSSR count). The number of fused-ring (bicyclic) bond motifs is 1. The number of nitrogens with one attached hydrogen (secondary N) is 2. The van der Waals surface area contributed by atoms with Gasteiger partial charge in [-0.3, -0.25) is 10.1 Å². The van der Waals surface area contributed by atoms with Crippen molar-refractivity contribution in [3.63, 3.8) is 0 Å². The zero-order valence-corrected chi connectivity index (χ0v) is 22.4. The Bertz CT molecular complexity index is 1370. The average Bonchev–Trinajstić information content (AvgIpc) is 3.57. The van der Waals surface area contributed by atoms with Crippen LogP contribution in [0.4, 0.5) is 10.9 Å². The van der Waals surface area contributed by atoms with Gasteiger partial charge in [-0.2, -0.15) is 0 Å². The molecule has 38 heavy (non-hydrogen) atoms. The predicted octanol–water partition coefficient (Wildman–Crippen LogP) is 2.05. The lowest BCUT2D eigenvalue weighted by atomic mass is 10.1. The van der Waals surface area contributed by atoms with Crippen LogP contribution in [0, 0.1) is 0 Å². The van der Waals surface area contributed by atoms with Gasteiger partial charge >= 0.3 is 0 Å². The van der Waals surface area contributed by atoms with E-state index >= 15 is 0 Å². The number of anilines is 2. The van der Waals surface area contributed by atoms with Gasteiger partial charge in [-0.25, -0.2) is 18.4 Å². The molecule has 0 spiro atoms. The number of amides is 1. The number of pyridine rings is 1. The number of aliphatic hydroxyl groups excluding tert-OH is 1. The Morgan fingerprint density at radius 2 is 2.05 bits per heavy atom. The lowest BCUT2D eigenvalue weighted by Gasteiger charge is -2.10. The fraction of sp³-hybridized carbons (Fsp3) is 0.417. The van der Waals surface area contributed by atoms with Crippen LogP contribution in [0.2, 0.25) is 0 Å². The molecule has 0 saturated carbocycles. The first kappa shape index (κ1) is 27.9. The lowest BCUT2D eigenvalue weighted by Crippen LogP contribution is -2.25. The molecule has 0 radical (unpaired) electrons. The molecule has 0 unspecified atom stereocenters. The summed E-state index contributed by atoms with van der Waals surface area (Å²) in [5.74, 6) is -0.0352. The molecular weight excluding hydrogens is 534 g/mol. The highest BCUT2D eigenvalue weighted by atomic mass is 32.2. The van der Waals surface area contributed by atoms with Crippen LogP contribution in [0.1, 0.15) is 18.4 Å². The Hall–Kier alpha value is -3.17. The molecule has 1 amide bonds. The first-order valence-electron chi connectivity index (χ1n) is 12.0. The van der Waals surface area contributed by atoms with E-state index in [2.05, 4.69) is 25.8 Å². The van der Waals surface area contributed by atoms with Crippen molar-refractivity contribution in [2.45, 2.75) is 23.8 Å². The van der Waals surface area contributed by atoms with Crippen molar-refractivity contribution in [3.05, 3.63) is 42.0 Å². The van der Waals surface area contributed by atoms with E-state index in [1.165, 1.54) is 42.7 Å². The summed E-state index contributed by atoms with van der Waals surface area (Å²) in [5.41, 5.74) is 0.949. The molecule has 1 aliphatic heterocycles. The second-order valence-electron chi connectivity index (χ2n) is 8.36. The van der Waals surface area contributed by atoms with Gasteiger partial charge in [-0.15, -0.1) is 0 Å². The minimum atomic E-state index is -3.50. The maximum atomic E-state index is 13.3. The predicted molar refractivity (Wildman–Crippen MR) is 143 cm³/mol. The number of benzene rings is 1. The number of rotatable bonds is 13. The number of aliphatic hydroxyl groups is 1. The van der Waals surface area contributed by atoms with Crippen LogP contribution in [-0.2, 0) is 28.9 Å². The number of oxime groups is 1. The van der Waals surface area contributed by atoms with Crippen molar-refractivity contribution in [2.75, 3.05) is 56.5 Å². The number of nitrogens with zero attached hydrogens (tertiary/aromatic N) is 3. The molecule has 1 aromatic carbocycles. The molecule has 1 fully saturated rings. The second kappa shape index (κ2) is 13.1. The zero-order chi connectivity index (χ0) is 27.0. The van der Waals surface area contributed by atoms with Gasteiger partial charge in [0, 0.05) is 32.2 Å². The van der Waals surface area contributed by atoms with E-state index in [1.807, 2.05) is 0 Å². The summed E-state index contributed by atoms with van der Waals surface area (Å²) in [6, 6.07) is 9.43. The van der Waals surface area contributed by atoms with Gasteiger partial charge in [0.25, 0.3) is 5.91 Å². The maximum Gasteiger partial charge on any atom is 0.280 e. The standard InChI is InChI=1S/C24H29N5O7S2/c1-34-12-2-14-38(32,33)18-5-3-16(4-6-18)21(29-36-17-9-13-35-15-17)22(31)28-24-26-19-7-8-20(25-10-11-30)27-23(19)37-24/h3-8,17,30H,2,9-15H2,1H3,(H,25,27)(H,26,28,31)/t17-/m1/s1. The minimum Gasteiger partial charge on any atom is -0.395 e. The maximum absolute atomic E-state index is 13.3. The van der Waals surface area contributed by atoms with E-state index < -0.39 is 15.7 Å². The molecule has 3 aromatic rings. The molecule has 1 aliphatic rings. The number of ether oxygens (including phenoxy) is 2. The van der Waals surface area contributed by atoms with E-state index in [1.54, 1.807) is 12.1 Å². The summed E-state index contributed by atoms with van der Waals surface area (Å²) in [6.07, 6.45) is 0.741. The smallest absolute Gasteiger partial charge is 0.280 e. The summed E-state index contributed by atoms with van der Waals surface area (Å²) in [4.78, 5) is 28.4. The van der Waals surface area contributed by atoms with E-state index in [0.717, 1.165) is 0 Å². The Morgan fingerprint density at radius 3 is 2.76 bits per heavy atom. The number of carbonyl (C=O) groups excluding carboxylic acids is 1. The third kappa shape index (κ3) is 7.23. The van der Waals surface area contributed by atoms with Crippen LogP contribution < -0.4 is 10.6 Å². The number of aromatic nitrogens is 2. The van der Waals surface area contributed by atoms with Crippen LogP contribution >= 0.6 is 11.3 Å². The van der Waals surface area contributed by atoms with Crippen LogP contribution in [0.25, 0.3) is 10.3 Å². The highest BCUT2D eigenvalue weighted by molar-refractivity contribution is 7.91. The molecule has 12 nitrogen and oxygen atoms in total. The van der Waals surface area contributed by atoms with Crippen molar-refractivity contribution in [2.24, 2.45) is 5.16 Å². The topological polar surface area (TPSA) is 161 Å². The molecule has 0 aliphatic carbocycles. The Labute approximate surface area is 223 Å². The van der Waals surface area contributed by atoms with E-state index in [9.17, 15) is 13.2 Å². The third-order valence-electron chi connectivity index (χ3n) is 5.54. The number of carbonyl (C=O) groups is 1. The number of hydrogen-bond donors (Lipinski definition) is 3. The number of thiazole rings is 1. The molecule has 204 valence electrons. The summed E-state index contributed by atoms with van der Waals surface area (Å²) in [7, 11) is -1.98. The van der Waals surface area contributed by atoms with Crippen molar-refractivity contribution >= 4 is 54.1 Å². The van der Waals surface area contributed by atoms with Crippen LogP contribution in [0.3, 0.4) is 0 Å². The van der Waals surface area contributed by atoms with Crippen molar-refractivity contribution in [1.82, 2.24) is 9.97 Å². The third-order valence-corrected chi connectivity index (χ3v) is 8.24. The lowest BCUT2D eigenvalue weighted by molar-refractivity contribution is -0.110. The molecule has 3 N–H and O–H groups in total. The fourth-order valence-corrected chi connectivity index (χ4v) is 5.71. The molecule has 1 atom stereocenters. The van der Waals surface area contributed by atoms with Crippen LogP contribution in [0.15, 0.2) is 46.4 Å².